The summed E-state index contributed by atoms with van der Waals surface area (Å²) < 4.78 is 12.0. The third-order valence-electron chi connectivity index (χ3n) is 6.35. The van der Waals surface area contributed by atoms with Gasteiger partial charge >= 0.3 is 11.9 Å². The van der Waals surface area contributed by atoms with E-state index in [1.54, 1.807) is 60.4 Å². The molecule has 0 N–H and O–H groups in total. The summed E-state index contributed by atoms with van der Waals surface area (Å²) in [6, 6.07) is 23.8. The molecule has 7 nitrogen and oxygen atoms in total. The Kier molecular flexibility index (Phi) is 7.91. The smallest absolute Gasteiger partial charge is 0.343 e. The number of halogens is 1. The number of aryl methyl sites for hydroxylation is 1. The predicted molar refractivity (Wildman–Crippen MR) is 141 cm³/mol. The van der Waals surface area contributed by atoms with Crippen LogP contribution >= 0.6 is 15.9 Å². The third-order valence-corrected chi connectivity index (χ3v) is 6.87. The van der Waals surface area contributed by atoms with E-state index in [0.717, 1.165) is 10.0 Å². The molecule has 37 heavy (non-hydrogen) atoms. The number of carbonyl (C=O) groups excluding carboxylic acids is 2. The second-order valence-electron chi connectivity index (χ2n) is 8.63. The molecule has 4 atom stereocenters. The highest BCUT2D eigenvalue weighted by Crippen LogP contribution is 2.49. The molecule has 186 valence electrons. The summed E-state index contributed by atoms with van der Waals surface area (Å²) in [5, 5.41) is 20.3. The van der Waals surface area contributed by atoms with E-state index < -0.39 is 35.9 Å². The molecule has 0 aliphatic carbocycles. The van der Waals surface area contributed by atoms with Crippen molar-refractivity contribution in [3.05, 3.63) is 94.0 Å². The Balaban J connectivity index is 1.84. The number of benzene rings is 3. The second-order valence-corrected chi connectivity index (χ2v) is 9.54. The maximum atomic E-state index is 13.2. The number of ether oxygens (including phenoxy) is 2. The zero-order valence-electron chi connectivity index (χ0n) is 20.3. The van der Waals surface area contributed by atoms with Gasteiger partial charge in [-0.15, -0.1) is 0 Å². The summed E-state index contributed by atoms with van der Waals surface area (Å²) in [5.41, 5.74) is 2.54. The van der Waals surface area contributed by atoms with Gasteiger partial charge in [0.1, 0.15) is 11.8 Å². The number of anilines is 1. The van der Waals surface area contributed by atoms with Gasteiger partial charge in [0.2, 0.25) is 0 Å². The van der Waals surface area contributed by atoms with Gasteiger partial charge in [-0.05, 0) is 56.3 Å². The van der Waals surface area contributed by atoms with Crippen molar-refractivity contribution in [2.75, 3.05) is 11.5 Å². The van der Waals surface area contributed by atoms with E-state index in [0.29, 0.717) is 16.8 Å². The molecule has 0 unspecified atom stereocenters. The Morgan fingerprint density at radius 3 is 2.22 bits per heavy atom. The van der Waals surface area contributed by atoms with Crippen LogP contribution in [0.15, 0.2) is 77.3 Å². The van der Waals surface area contributed by atoms with Gasteiger partial charge in [-0.1, -0.05) is 51.8 Å². The van der Waals surface area contributed by atoms with Crippen LogP contribution in [0.2, 0.25) is 0 Å². The van der Waals surface area contributed by atoms with E-state index >= 15 is 0 Å². The average molecular weight is 558 g/mol. The highest BCUT2D eigenvalue weighted by atomic mass is 79.9. The van der Waals surface area contributed by atoms with Gasteiger partial charge in [0, 0.05) is 15.7 Å². The molecule has 0 saturated carbocycles. The first-order chi connectivity index (χ1) is 17.9. The van der Waals surface area contributed by atoms with Gasteiger partial charge in [-0.2, -0.15) is 10.5 Å². The van der Waals surface area contributed by atoms with Crippen molar-refractivity contribution >= 4 is 33.6 Å². The molecule has 1 saturated heterocycles. The summed E-state index contributed by atoms with van der Waals surface area (Å²) >= 11 is 3.43. The summed E-state index contributed by atoms with van der Waals surface area (Å²) in [4.78, 5) is 27.9. The standard InChI is InChI=1S/C29H24BrN3O4/c1-3-36-29(35)27-24(17-32)23(16-31)26(33(27)21-14-12-20(30)13-15-21)22-6-4-5-7-25(22)37-28(34)19-10-8-18(2)9-11-19/h4-15,23-24,26-27H,3H2,1-2H3/t23-,24-,26+,27-/m0/s1. The van der Waals surface area contributed by atoms with Gasteiger partial charge < -0.3 is 14.4 Å². The summed E-state index contributed by atoms with van der Waals surface area (Å²) in [6.07, 6.45) is 0. The maximum absolute atomic E-state index is 13.2. The van der Waals surface area contributed by atoms with Gasteiger partial charge in [-0.3, -0.25) is 0 Å². The van der Waals surface area contributed by atoms with Crippen molar-refractivity contribution in [3.8, 4) is 17.9 Å². The van der Waals surface area contributed by atoms with Crippen LogP contribution in [-0.4, -0.2) is 24.6 Å². The molecular formula is C29H24BrN3O4. The summed E-state index contributed by atoms with van der Waals surface area (Å²) in [6.45, 7) is 3.75. The number of nitrogens with zero attached hydrogens (tertiary/aromatic N) is 3. The van der Waals surface area contributed by atoms with Crippen molar-refractivity contribution in [1.82, 2.24) is 0 Å². The topological polar surface area (TPSA) is 103 Å². The summed E-state index contributed by atoms with van der Waals surface area (Å²) in [7, 11) is 0. The van der Waals surface area contributed by atoms with Crippen LogP contribution in [0.5, 0.6) is 5.75 Å². The fraction of sp³-hybridized carbons (Fsp3) is 0.241. The first-order valence-corrected chi connectivity index (χ1v) is 12.6. The molecule has 4 rings (SSSR count). The fourth-order valence-corrected chi connectivity index (χ4v) is 4.91. The molecule has 1 aliphatic heterocycles. The third kappa shape index (κ3) is 5.21. The van der Waals surface area contributed by atoms with Crippen LogP contribution < -0.4 is 9.64 Å². The van der Waals surface area contributed by atoms with Gasteiger partial charge in [0.05, 0.1) is 42.2 Å². The lowest BCUT2D eigenvalue weighted by molar-refractivity contribution is -0.145. The molecule has 1 fully saturated rings. The zero-order valence-corrected chi connectivity index (χ0v) is 21.9. The Morgan fingerprint density at radius 2 is 1.59 bits per heavy atom. The Morgan fingerprint density at radius 1 is 0.946 bits per heavy atom. The first kappa shape index (κ1) is 25.9. The van der Waals surface area contributed by atoms with E-state index in [4.69, 9.17) is 9.47 Å². The average Bonchev–Trinajstić information content (AvgIpc) is 3.24. The molecule has 8 heteroatoms. The Hall–Kier alpha value is -4.14. The van der Waals surface area contributed by atoms with Gasteiger partial charge in [-0.25, -0.2) is 9.59 Å². The van der Waals surface area contributed by atoms with Crippen LogP contribution in [0.3, 0.4) is 0 Å². The number of nitriles is 2. The normalized spacial score (nSPS) is 20.5. The van der Waals surface area contributed by atoms with E-state index in [-0.39, 0.29) is 12.4 Å². The number of esters is 2. The fourth-order valence-electron chi connectivity index (χ4n) is 4.65. The molecule has 0 bridgehead atoms. The summed E-state index contributed by atoms with van der Waals surface area (Å²) in [5.74, 6) is -2.76. The SMILES string of the molecule is CCOC(=O)[C@@H]1[C@@H](C#N)[C@H](C#N)[C@@H](c2ccccc2OC(=O)c2ccc(C)cc2)N1c1ccc(Br)cc1. The minimum absolute atomic E-state index is 0.133. The van der Waals surface area contributed by atoms with E-state index in [2.05, 4.69) is 28.1 Å². The maximum Gasteiger partial charge on any atom is 0.343 e. The molecule has 3 aromatic carbocycles. The second kappa shape index (κ2) is 11.3. The highest BCUT2D eigenvalue weighted by Gasteiger charge is 2.54. The van der Waals surface area contributed by atoms with Crippen LogP contribution in [0, 0.1) is 41.4 Å². The van der Waals surface area contributed by atoms with E-state index in [9.17, 15) is 20.1 Å². The minimum atomic E-state index is -1.03. The molecule has 0 spiro atoms. The zero-order chi connectivity index (χ0) is 26.5. The number of rotatable bonds is 6. The molecule has 1 aliphatic rings. The lowest BCUT2D eigenvalue weighted by Gasteiger charge is -2.32. The highest BCUT2D eigenvalue weighted by molar-refractivity contribution is 9.10. The van der Waals surface area contributed by atoms with Gasteiger partial charge in [0.15, 0.2) is 0 Å². The molecule has 0 amide bonds. The quantitative estimate of drug-likeness (QED) is 0.280. The lowest BCUT2D eigenvalue weighted by atomic mass is 9.86. The molecule has 0 aromatic heterocycles. The number of hydrogen-bond acceptors (Lipinski definition) is 7. The lowest BCUT2D eigenvalue weighted by Crippen LogP contribution is -2.41. The largest absolute Gasteiger partial charge is 0.464 e. The number of hydrogen-bond donors (Lipinski definition) is 0. The molecule has 1 heterocycles. The van der Waals surface area contributed by atoms with Crippen LogP contribution in [0.25, 0.3) is 0 Å². The van der Waals surface area contributed by atoms with Crippen molar-refractivity contribution in [2.45, 2.75) is 25.9 Å². The molecule has 3 aromatic rings. The number of para-hydroxylation sites is 1. The Bertz CT molecular complexity index is 1380. The van der Waals surface area contributed by atoms with Crippen LogP contribution in [0.1, 0.15) is 34.5 Å². The Labute approximate surface area is 224 Å². The van der Waals surface area contributed by atoms with Crippen molar-refractivity contribution in [2.24, 2.45) is 11.8 Å². The predicted octanol–water partition coefficient (Wildman–Crippen LogP) is 5.75. The van der Waals surface area contributed by atoms with E-state index in [1.165, 1.54) is 0 Å². The van der Waals surface area contributed by atoms with Crippen molar-refractivity contribution in [3.63, 3.8) is 0 Å². The minimum Gasteiger partial charge on any atom is -0.464 e. The van der Waals surface area contributed by atoms with Crippen molar-refractivity contribution < 1.29 is 19.1 Å². The molecular weight excluding hydrogens is 534 g/mol. The molecule has 0 radical (unpaired) electrons. The van der Waals surface area contributed by atoms with Crippen molar-refractivity contribution in [1.29, 1.82) is 10.5 Å². The van der Waals surface area contributed by atoms with E-state index in [1.807, 2.05) is 31.2 Å². The van der Waals surface area contributed by atoms with Crippen LogP contribution in [-0.2, 0) is 9.53 Å². The first-order valence-electron chi connectivity index (χ1n) is 11.8. The van der Waals surface area contributed by atoms with Crippen LogP contribution in [0.4, 0.5) is 5.69 Å². The number of carbonyl (C=O) groups is 2. The van der Waals surface area contributed by atoms with Gasteiger partial charge in [0.25, 0.3) is 0 Å². The monoisotopic (exact) mass is 557 g/mol.